The van der Waals surface area contributed by atoms with E-state index in [1.807, 2.05) is 31.2 Å². The first-order valence-electron chi connectivity index (χ1n) is 6.50. The molecule has 1 heterocycles. The van der Waals surface area contributed by atoms with Crippen LogP contribution in [-0.4, -0.2) is 4.98 Å². The van der Waals surface area contributed by atoms with Crippen LogP contribution in [0.15, 0.2) is 42.7 Å². The minimum Gasteiger partial charge on any atom is -0.304 e. The molecule has 0 aliphatic rings. The highest BCUT2D eigenvalue weighted by Gasteiger charge is 2.12. The Labute approximate surface area is 113 Å². The Hall–Kier alpha value is -1.74. The standard InChI is InChI=1S/C16H19FN2/c1-11-4-5-15(10-16(11)17)13(3)19-12(2)14-6-8-18-9-7-14/h4-10,12-13,19H,1-3H3/t12-,13?/m0/s1. The number of halogens is 1. The molecule has 2 rings (SSSR count). The van der Waals surface area contributed by atoms with Gasteiger partial charge in [0.15, 0.2) is 0 Å². The van der Waals surface area contributed by atoms with Gasteiger partial charge >= 0.3 is 0 Å². The van der Waals surface area contributed by atoms with Crippen molar-refractivity contribution in [1.29, 1.82) is 0 Å². The highest BCUT2D eigenvalue weighted by Crippen LogP contribution is 2.20. The summed E-state index contributed by atoms with van der Waals surface area (Å²) in [5.41, 5.74) is 2.82. The fraction of sp³-hybridized carbons (Fsp3) is 0.312. The molecule has 2 atom stereocenters. The number of benzene rings is 1. The van der Waals surface area contributed by atoms with Crippen molar-refractivity contribution >= 4 is 0 Å². The van der Waals surface area contributed by atoms with Gasteiger partial charge in [0.2, 0.25) is 0 Å². The molecule has 0 bridgehead atoms. The Morgan fingerprint density at radius 3 is 2.26 bits per heavy atom. The molecule has 0 amide bonds. The number of aryl methyl sites for hydroxylation is 1. The molecular weight excluding hydrogens is 239 g/mol. The minimum absolute atomic E-state index is 0.0956. The maximum atomic E-state index is 13.6. The van der Waals surface area contributed by atoms with Crippen molar-refractivity contribution in [3.8, 4) is 0 Å². The topological polar surface area (TPSA) is 24.9 Å². The second-order valence-corrected chi connectivity index (χ2v) is 4.90. The van der Waals surface area contributed by atoms with Gasteiger partial charge in [0.05, 0.1) is 0 Å². The lowest BCUT2D eigenvalue weighted by molar-refractivity contribution is 0.491. The van der Waals surface area contributed by atoms with Gasteiger partial charge in [0.25, 0.3) is 0 Å². The molecule has 0 radical (unpaired) electrons. The number of aromatic nitrogens is 1. The smallest absolute Gasteiger partial charge is 0.126 e. The average Bonchev–Trinajstić information content (AvgIpc) is 2.42. The van der Waals surface area contributed by atoms with Crippen molar-refractivity contribution in [2.24, 2.45) is 0 Å². The van der Waals surface area contributed by atoms with Crippen molar-refractivity contribution in [1.82, 2.24) is 10.3 Å². The van der Waals surface area contributed by atoms with Crippen LogP contribution in [0.25, 0.3) is 0 Å². The zero-order chi connectivity index (χ0) is 13.8. The Bertz CT molecular complexity index is 540. The van der Waals surface area contributed by atoms with E-state index in [0.717, 1.165) is 5.56 Å². The molecule has 1 N–H and O–H groups in total. The molecule has 0 aliphatic heterocycles. The van der Waals surface area contributed by atoms with Gasteiger partial charge in [0.1, 0.15) is 5.82 Å². The normalized spacial score (nSPS) is 14.1. The van der Waals surface area contributed by atoms with E-state index in [-0.39, 0.29) is 17.9 Å². The maximum absolute atomic E-state index is 13.6. The second kappa shape index (κ2) is 5.93. The van der Waals surface area contributed by atoms with E-state index in [0.29, 0.717) is 5.56 Å². The van der Waals surface area contributed by atoms with Crippen LogP contribution in [0, 0.1) is 12.7 Å². The van der Waals surface area contributed by atoms with E-state index in [1.165, 1.54) is 5.56 Å². The first-order chi connectivity index (χ1) is 9.08. The van der Waals surface area contributed by atoms with Crippen LogP contribution >= 0.6 is 0 Å². The lowest BCUT2D eigenvalue weighted by atomic mass is 10.0. The van der Waals surface area contributed by atoms with Crippen molar-refractivity contribution in [3.05, 3.63) is 65.2 Å². The summed E-state index contributed by atoms with van der Waals surface area (Å²) in [5.74, 6) is -0.150. The van der Waals surface area contributed by atoms with Gasteiger partial charge in [-0.05, 0) is 55.7 Å². The molecule has 1 unspecified atom stereocenters. The van der Waals surface area contributed by atoms with E-state index >= 15 is 0 Å². The van der Waals surface area contributed by atoms with E-state index in [2.05, 4.69) is 17.2 Å². The number of rotatable bonds is 4. The third kappa shape index (κ3) is 3.38. The summed E-state index contributed by atoms with van der Waals surface area (Å²) in [4.78, 5) is 4.01. The average molecular weight is 258 g/mol. The molecule has 0 spiro atoms. The summed E-state index contributed by atoms with van der Waals surface area (Å²) < 4.78 is 13.6. The summed E-state index contributed by atoms with van der Waals surface area (Å²) in [6, 6.07) is 9.66. The van der Waals surface area contributed by atoms with Gasteiger partial charge in [-0.15, -0.1) is 0 Å². The van der Waals surface area contributed by atoms with Crippen LogP contribution in [0.1, 0.15) is 42.6 Å². The third-order valence-electron chi connectivity index (χ3n) is 3.40. The molecule has 0 saturated carbocycles. The number of pyridine rings is 1. The van der Waals surface area contributed by atoms with Crippen molar-refractivity contribution in [2.45, 2.75) is 32.9 Å². The third-order valence-corrected chi connectivity index (χ3v) is 3.40. The predicted octanol–water partition coefficient (Wildman–Crippen LogP) is 3.94. The van der Waals surface area contributed by atoms with Gasteiger partial charge in [0, 0.05) is 24.5 Å². The zero-order valence-corrected chi connectivity index (χ0v) is 11.5. The zero-order valence-electron chi connectivity index (χ0n) is 11.5. The van der Waals surface area contributed by atoms with E-state index < -0.39 is 0 Å². The minimum atomic E-state index is -0.150. The van der Waals surface area contributed by atoms with Crippen LogP contribution in [-0.2, 0) is 0 Å². The van der Waals surface area contributed by atoms with Crippen molar-refractivity contribution < 1.29 is 4.39 Å². The first-order valence-corrected chi connectivity index (χ1v) is 6.50. The number of nitrogens with one attached hydrogen (secondary N) is 1. The second-order valence-electron chi connectivity index (χ2n) is 4.90. The summed E-state index contributed by atoms with van der Waals surface area (Å²) in [6.45, 7) is 5.91. The van der Waals surface area contributed by atoms with Gasteiger partial charge in [-0.25, -0.2) is 4.39 Å². The summed E-state index contributed by atoms with van der Waals surface area (Å²) in [7, 11) is 0. The fourth-order valence-electron chi connectivity index (χ4n) is 2.10. The fourth-order valence-corrected chi connectivity index (χ4v) is 2.10. The number of hydrogen-bond donors (Lipinski definition) is 1. The molecule has 3 heteroatoms. The Morgan fingerprint density at radius 1 is 1.00 bits per heavy atom. The van der Waals surface area contributed by atoms with E-state index in [1.54, 1.807) is 25.4 Å². The number of hydrogen-bond acceptors (Lipinski definition) is 2. The summed E-state index contributed by atoms with van der Waals surface area (Å²) in [5, 5.41) is 3.46. The molecule has 2 nitrogen and oxygen atoms in total. The van der Waals surface area contributed by atoms with Crippen LogP contribution in [0.3, 0.4) is 0 Å². The van der Waals surface area contributed by atoms with Crippen molar-refractivity contribution in [3.63, 3.8) is 0 Å². The molecule has 0 saturated heterocycles. The number of nitrogens with zero attached hydrogens (tertiary/aromatic N) is 1. The highest BCUT2D eigenvalue weighted by molar-refractivity contribution is 5.26. The Balaban J connectivity index is 2.08. The molecule has 1 aromatic carbocycles. The largest absolute Gasteiger partial charge is 0.304 e. The first kappa shape index (κ1) is 13.7. The molecular formula is C16H19FN2. The highest BCUT2D eigenvalue weighted by atomic mass is 19.1. The van der Waals surface area contributed by atoms with Gasteiger partial charge < -0.3 is 5.32 Å². The Kier molecular flexibility index (Phi) is 4.27. The molecule has 0 fully saturated rings. The van der Waals surface area contributed by atoms with Gasteiger partial charge in [-0.2, -0.15) is 0 Å². The lowest BCUT2D eigenvalue weighted by Gasteiger charge is -2.21. The van der Waals surface area contributed by atoms with Crippen molar-refractivity contribution in [2.75, 3.05) is 0 Å². The SMILES string of the molecule is Cc1ccc(C(C)N[C@@H](C)c2ccncc2)cc1F. The van der Waals surface area contributed by atoms with Crippen LogP contribution in [0.4, 0.5) is 4.39 Å². The van der Waals surface area contributed by atoms with Gasteiger partial charge in [-0.1, -0.05) is 12.1 Å². The molecule has 100 valence electrons. The Morgan fingerprint density at radius 2 is 1.63 bits per heavy atom. The lowest BCUT2D eigenvalue weighted by Crippen LogP contribution is -2.22. The van der Waals surface area contributed by atoms with Crippen LogP contribution in [0.2, 0.25) is 0 Å². The van der Waals surface area contributed by atoms with Crippen LogP contribution in [0.5, 0.6) is 0 Å². The molecule has 0 aliphatic carbocycles. The molecule has 2 aromatic rings. The molecule has 19 heavy (non-hydrogen) atoms. The van der Waals surface area contributed by atoms with Crippen LogP contribution < -0.4 is 5.32 Å². The summed E-state index contributed by atoms with van der Waals surface area (Å²) >= 11 is 0. The summed E-state index contributed by atoms with van der Waals surface area (Å²) in [6.07, 6.45) is 3.56. The molecule has 1 aromatic heterocycles. The predicted molar refractivity (Wildman–Crippen MR) is 75.3 cm³/mol. The van der Waals surface area contributed by atoms with Gasteiger partial charge in [-0.3, -0.25) is 4.98 Å². The van der Waals surface area contributed by atoms with E-state index in [9.17, 15) is 4.39 Å². The maximum Gasteiger partial charge on any atom is 0.126 e. The van der Waals surface area contributed by atoms with E-state index in [4.69, 9.17) is 0 Å². The monoisotopic (exact) mass is 258 g/mol. The quantitative estimate of drug-likeness (QED) is 0.898.